The fourth-order valence-corrected chi connectivity index (χ4v) is 1.19. The molecule has 0 atom stereocenters. The number of nitrogens with zero attached hydrogens (tertiary/aromatic N) is 2. The summed E-state index contributed by atoms with van der Waals surface area (Å²) in [7, 11) is -3.12. The Bertz CT molecular complexity index is 453. The average Bonchev–Trinajstić information content (AvgIpc) is 2.15. The lowest BCUT2D eigenvalue weighted by atomic mass is 10.2. The zero-order valence-corrected chi connectivity index (χ0v) is 10.4. The van der Waals surface area contributed by atoms with E-state index in [0.29, 0.717) is 11.6 Å². The van der Waals surface area contributed by atoms with Gasteiger partial charge in [0.1, 0.15) is 0 Å². The molecule has 0 aliphatic heterocycles. The first-order valence-corrected chi connectivity index (χ1v) is 6.62. The molecule has 90 valence electrons. The summed E-state index contributed by atoms with van der Waals surface area (Å²) in [6, 6.07) is 0. The number of rotatable bonds is 4. The van der Waals surface area contributed by atoms with Crippen molar-refractivity contribution in [2.24, 2.45) is 0 Å². The van der Waals surface area contributed by atoms with Crippen LogP contribution in [0.2, 0.25) is 0 Å². The minimum atomic E-state index is -3.12. The topological polar surface area (TPSA) is 98.0 Å². The molecule has 1 heterocycles. The number of anilines is 2. The van der Waals surface area contributed by atoms with Crippen molar-refractivity contribution in [3.8, 4) is 0 Å². The van der Waals surface area contributed by atoms with Gasteiger partial charge in [-0.1, -0.05) is 0 Å². The second-order valence-corrected chi connectivity index (χ2v) is 6.87. The number of sulfone groups is 1. The molecule has 16 heavy (non-hydrogen) atoms. The average molecular weight is 244 g/mol. The Kier molecular flexibility index (Phi) is 3.37. The molecule has 1 aromatic rings. The molecule has 0 radical (unpaired) electrons. The van der Waals surface area contributed by atoms with Gasteiger partial charge in [-0.3, -0.25) is 0 Å². The van der Waals surface area contributed by atoms with Gasteiger partial charge in [0.15, 0.2) is 9.84 Å². The minimum absolute atomic E-state index is 0.246. The van der Waals surface area contributed by atoms with E-state index < -0.39 is 14.6 Å². The maximum absolute atomic E-state index is 11.4. The molecule has 1 rings (SSSR count). The van der Waals surface area contributed by atoms with Crippen molar-refractivity contribution in [1.29, 1.82) is 0 Å². The molecule has 3 N–H and O–H groups in total. The molecule has 0 spiro atoms. The third-order valence-corrected chi connectivity index (χ3v) is 4.50. The maximum Gasteiger partial charge on any atom is 0.222 e. The standard InChI is InChI=1S/C9H16N4O2S/c1-9(2,16(3,14)15)6-13-8-11-4-7(10)5-12-8/h4-5H,6,10H2,1-3H3,(H,11,12,13). The molecule has 0 amide bonds. The third-order valence-electron chi connectivity index (χ3n) is 2.35. The summed E-state index contributed by atoms with van der Waals surface area (Å²) in [6.45, 7) is 3.54. The lowest BCUT2D eigenvalue weighted by molar-refractivity contribution is 0.559. The number of nitrogens with one attached hydrogen (secondary N) is 1. The minimum Gasteiger partial charge on any atom is -0.396 e. The summed E-state index contributed by atoms with van der Waals surface area (Å²) >= 11 is 0. The van der Waals surface area contributed by atoms with Crippen molar-refractivity contribution >= 4 is 21.5 Å². The molecule has 0 aliphatic rings. The van der Waals surface area contributed by atoms with E-state index in [1.165, 1.54) is 18.6 Å². The van der Waals surface area contributed by atoms with Crippen molar-refractivity contribution in [1.82, 2.24) is 9.97 Å². The quantitative estimate of drug-likeness (QED) is 0.790. The van der Waals surface area contributed by atoms with Gasteiger partial charge < -0.3 is 11.1 Å². The molecule has 0 unspecified atom stereocenters. The molecule has 1 aromatic heterocycles. The van der Waals surface area contributed by atoms with E-state index in [4.69, 9.17) is 5.73 Å². The van der Waals surface area contributed by atoms with Crippen LogP contribution in [0, 0.1) is 0 Å². The Morgan fingerprint density at radius 2 is 1.88 bits per heavy atom. The third kappa shape index (κ3) is 3.06. The number of hydrogen-bond donors (Lipinski definition) is 2. The predicted octanol–water partition coefficient (Wildman–Crippen LogP) is 0.294. The molecule has 7 heteroatoms. The first-order valence-electron chi connectivity index (χ1n) is 4.73. The van der Waals surface area contributed by atoms with Crippen LogP contribution in [-0.4, -0.2) is 35.9 Å². The van der Waals surface area contributed by atoms with Crippen LogP contribution in [0.25, 0.3) is 0 Å². The van der Waals surface area contributed by atoms with E-state index in [-0.39, 0.29) is 6.54 Å². The lowest BCUT2D eigenvalue weighted by Gasteiger charge is -2.22. The van der Waals surface area contributed by atoms with Gasteiger partial charge in [-0.15, -0.1) is 0 Å². The fraction of sp³-hybridized carbons (Fsp3) is 0.556. The Morgan fingerprint density at radius 1 is 1.38 bits per heavy atom. The highest BCUT2D eigenvalue weighted by Crippen LogP contribution is 2.15. The summed E-state index contributed by atoms with van der Waals surface area (Å²) in [5.41, 5.74) is 5.89. The van der Waals surface area contributed by atoms with Crippen LogP contribution in [0.15, 0.2) is 12.4 Å². The lowest BCUT2D eigenvalue weighted by Crippen LogP contribution is -2.38. The van der Waals surface area contributed by atoms with Crippen LogP contribution >= 0.6 is 0 Å². The van der Waals surface area contributed by atoms with E-state index >= 15 is 0 Å². The van der Waals surface area contributed by atoms with Crippen LogP contribution < -0.4 is 11.1 Å². The van der Waals surface area contributed by atoms with Gasteiger partial charge in [0.2, 0.25) is 5.95 Å². The van der Waals surface area contributed by atoms with E-state index in [2.05, 4.69) is 15.3 Å². The second-order valence-electron chi connectivity index (χ2n) is 4.23. The van der Waals surface area contributed by atoms with Crippen molar-refractivity contribution in [2.75, 3.05) is 23.9 Å². The van der Waals surface area contributed by atoms with Crippen molar-refractivity contribution in [2.45, 2.75) is 18.6 Å². The van der Waals surface area contributed by atoms with E-state index in [1.807, 2.05) is 0 Å². The monoisotopic (exact) mass is 244 g/mol. The van der Waals surface area contributed by atoms with Gasteiger partial charge in [0.05, 0.1) is 22.8 Å². The van der Waals surface area contributed by atoms with E-state index in [9.17, 15) is 8.42 Å². The predicted molar refractivity (Wildman–Crippen MR) is 63.9 cm³/mol. The van der Waals surface area contributed by atoms with Crippen LogP contribution in [0.4, 0.5) is 11.6 Å². The number of hydrogen-bond acceptors (Lipinski definition) is 6. The normalized spacial score (nSPS) is 12.4. The Morgan fingerprint density at radius 3 is 2.31 bits per heavy atom. The summed E-state index contributed by atoms with van der Waals surface area (Å²) in [4.78, 5) is 7.84. The zero-order valence-electron chi connectivity index (χ0n) is 9.56. The maximum atomic E-state index is 11.4. The van der Waals surface area contributed by atoms with Gasteiger partial charge in [0, 0.05) is 12.8 Å². The fourth-order valence-electron chi connectivity index (χ4n) is 0.852. The highest BCUT2D eigenvalue weighted by atomic mass is 32.2. The highest BCUT2D eigenvalue weighted by Gasteiger charge is 2.29. The van der Waals surface area contributed by atoms with Crippen LogP contribution in [-0.2, 0) is 9.84 Å². The largest absolute Gasteiger partial charge is 0.396 e. The van der Waals surface area contributed by atoms with Crippen molar-refractivity contribution in [3.05, 3.63) is 12.4 Å². The first kappa shape index (κ1) is 12.7. The molecular weight excluding hydrogens is 228 g/mol. The Balaban J connectivity index is 2.68. The summed E-state index contributed by atoms with van der Waals surface area (Å²) < 4.78 is 22.0. The van der Waals surface area contributed by atoms with Crippen LogP contribution in [0.1, 0.15) is 13.8 Å². The second kappa shape index (κ2) is 4.25. The molecule has 6 nitrogen and oxygen atoms in total. The molecule has 0 saturated carbocycles. The van der Waals surface area contributed by atoms with Gasteiger partial charge in [-0.2, -0.15) is 0 Å². The summed E-state index contributed by atoms with van der Waals surface area (Å²) in [5, 5.41) is 2.86. The number of nitrogens with two attached hydrogens (primary N) is 1. The van der Waals surface area contributed by atoms with E-state index in [1.54, 1.807) is 13.8 Å². The first-order chi connectivity index (χ1) is 7.22. The van der Waals surface area contributed by atoms with E-state index in [0.717, 1.165) is 0 Å². The van der Waals surface area contributed by atoms with Gasteiger partial charge in [0.25, 0.3) is 0 Å². The highest BCUT2D eigenvalue weighted by molar-refractivity contribution is 7.92. The Hall–Kier alpha value is -1.37. The number of nitrogen functional groups attached to an aromatic ring is 1. The van der Waals surface area contributed by atoms with Crippen molar-refractivity contribution < 1.29 is 8.42 Å². The molecule has 0 bridgehead atoms. The molecule has 0 aliphatic carbocycles. The van der Waals surface area contributed by atoms with Gasteiger partial charge >= 0.3 is 0 Å². The molecule has 0 aromatic carbocycles. The SMILES string of the molecule is CC(C)(CNc1ncc(N)cn1)S(C)(=O)=O. The van der Waals surface area contributed by atoms with Gasteiger partial charge in [-0.05, 0) is 13.8 Å². The smallest absolute Gasteiger partial charge is 0.222 e. The molecular formula is C9H16N4O2S. The summed E-state index contributed by atoms with van der Waals surface area (Å²) in [5.74, 6) is 0.367. The van der Waals surface area contributed by atoms with Crippen molar-refractivity contribution in [3.63, 3.8) is 0 Å². The summed E-state index contributed by atoms with van der Waals surface area (Å²) in [6.07, 6.45) is 4.13. The van der Waals surface area contributed by atoms with Crippen LogP contribution in [0.3, 0.4) is 0 Å². The Labute approximate surface area is 95.2 Å². The molecule has 0 fully saturated rings. The molecule has 0 saturated heterocycles. The van der Waals surface area contributed by atoms with Crippen LogP contribution in [0.5, 0.6) is 0 Å². The number of aromatic nitrogens is 2. The zero-order chi connectivity index (χ0) is 12.4. The van der Waals surface area contributed by atoms with Gasteiger partial charge in [-0.25, -0.2) is 18.4 Å².